The fraction of sp³-hybridized carbons (Fsp3) is 0.400. The Hall–Kier alpha value is -3.13. The predicted octanol–water partition coefficient (Wildman–Crippen LogP) is 4.46. The number of nitrogens with zero attached hydrogens (tertiary/aromatic N) is 2. The van der Waals surface area contributed by atoms with Crippen molar-refractivity contribution in [3.8, 4) is 17.0 Å². The number of pyridine rings is 1. The van der Waals surface area contributed by atoms with Crippen LogP contribution in [0, 0.1) is 29.4 Å². The van der Waals surface area contributed by atoms with Gasteiger partial charge in [0.05, 0.1) is 7.11 Å². The van der Waals surface area contributed by atoms with Gasteiger partial charge in [0.1, 0.15) is 28.8 Å². The number of aromatic nitrogens is 1. The number of amides is 1. The van der Waals surface area contributed by atoms with E-state index in [1.165, 1.54) is 31.4 Å². The van der Waals surface area contributed by atoms with Crippen molar-refractivity contribution in [3.05, 3.63) is 59.6 Å². The highest BCUT2D eigenvalue weighted by molar-refractivity contribution is 5.94. The molecule has 1 aromatic carbocycles. The topological polar surface area (TPSA) is 89.6 Å². The molecule has 0 spiro atoms. The van der Waals surface area contributed by atoms with Gasteiger partial charge in [-0.05, 0) is 67.9 Å². The Balaban J connectivity index is 1.58. The zero-order valence-electron chi connectivity index (χ0n) is 18.7. The van der Waals surface area contributed by atoms with Crippen molar-refractivity contribution in [2.24, 2.45) is 28.5 Å². The van der Waals surface area contributed by atoms with Crippen molar-refractivity contribution in [3.63, 3.8) is 0 Å². The van der Waals surface area contributed by atoms with E-state index in [1.54, 1.807) is 6.20 Å². The molecule has 4 rings (SSSR count). The molecule has 0 saturated heterocycles. The van der Waals surface area contributed by atoms with Crippen molar-refractivity contribution in [2.75, 3.05) is 7.11 Å². The molecule has 0 radical (unpaired) electrons. The van der Waals surface area contributed by atoms with Crippen LogP contribution in [0.5, 0.6) is 5.75 Å². The van der Waals surface area contributed by atoms with Gasteiger partial charge in [-0.1, -0.05) is 6.92 Å². The van der Waals surface area contributed by atoms with E-state index in [-0.39, 0.29) is 28.9 Å². The Morgan fingerprint density at radius 1 is 1.15 bits per heavy atom. The lowest BCUT2D eigenvalue weighted by Crippen LogP contribution is -2.39. The fourth-order valence-corrected chi connectivity index (χ4v) is 4.91. The number of carbonyl (C=O) groups is 1. The van der Waals surface area contributed by atoms with E-state index < -0.39 is 17.5 Å². The minimum atomic E-state index is -0.733. The van der Waals surface area contributed by atoms with Gasteiger partial charge < -0.3 is 15.8 Å². The minimum absolute atomic E-state index is 0.0171. The number of hydrogen-bond donors (Lipinski definition) is 2. The zero-order valence-corrected chi connectivity index (χ0v) is 18.7. The molecule has 2 heterocycles. The largest absolute Gasteiger partial charge is 0.497 e. The lowest BCUT2D eigenvalue weighted by Gasteiger charge is -2.37. The first-order valence-corrected chi connectivity index (χ1v) is 11.1. The molecule has 4 atom stereocenters. The molecule has 6 nitrogen and oxygen atoms in total. The van der Waals surface area contributed by atoms with Gasteiger partial charge in [0.2, 0.25) is 0 Å². The van der Waals surface area contributed by atoms with Gasteiger partial charge in [-0.25, -0.2) is 13.8 Å². The Morgan fingerprint density at radius 2 is 1.94 bits per heavy atom. The Kier molecular flexibility index (Phi) is 6.83. The number of carbonyl (C=O) groups excluding carboxylic acids is 1. The van der Waals surface area contributed by atoms with E-state index in [0.717, 1.165) is 25.3 Å². The molecule has 0 bridgehead atoms. The van der Waals surface area contributed by atoms with Crippen LogP contribution in [0.2, 0.25) is 0 Å². The maximum absolute atomic E-state index is 14.5. The summed E-state index contributed by atoms with van der Waals surface area (Å²) in [6.45, 7) is 2.20. The predicted molar refractivity (Wildman–Crippen MR) is 123 cm³/mol. The van der Waals surface area contributed by atoms with Gasteiger partial charge in [-0.15, -0.1) is 0 Å². The normalized spacial score (nSPS) is 24.8. The van der Waals surface area contributed by atoms with Crippen LogP contribution in [0.4, 0.5) is 8.78 Å². The van der Waals surface area contributed by atoms with Gasteiger partial charge in [0.25, 0.3) is 5.91 Å². The highest BCUT2D eigenvalue weighted by Gasteiger charge is 2.33. The summed E-state index contributed by atoms with van der Waals surface area (Å²) in [5, 5.41) is 2.91. The molecule has 2 aliphatic rings. The SMILES string of the molecule is COc1ccc(F)c(-c2nc(C(=O)NC3=CN=CCC3[C@@H]3C[C@H](C)C[C@H](N)C3)ccc2F)c1. The summed E-state index contributed by atoms with van der Waals surface area (Å²) in [7, 11) is 1.43. The van der Waals surface area contributed by atoms with E-state index in [0.29, 0.717) is 29.7 Å². The molecule has 1 aliphatic heterocycles. The lowest BCUT2D eigenvalue weighted by molar-refractivity contribution is 0.0950. The number of nitrogens with two attached hydrogens (primary N) is 1. The van der Waals surface area contributed by atoms with Crippen molar-refractivity contribution in [2.45, 2.75) is 38.6 Å². The Morgan fingerprint density at radius 3 is 2.70 bits per heavy atom. The van der Waals surface area contributed by atoms with Crippen LogP contribution >= 0.6 is 0 Å². The van der Waals surface area contributed by atoms with Gasteiger partial charge in [0.15, 0.2) is 0 Å². The lowest BCUT2D eigenvalue weighted by atomic mass is 9.71. The number of rotatable bonds is 5. The maximum atomic E-state index is 14.5. The third-order valence-corrected chi connectivity index (χ3v) is 6.43. The standard InChI is InChI=1S/C25H28F2N4O2/c1-14-9-15(11-16(28)10-14)18-7-8-29-13-23(18)31-25(32)22-6-5-21(27)24(30-22)19-12-17(33-2)3-4-20(19)26/h3-6,8,12-16,18H,7,9-11,28H2,1-2H3,(H,31,32)/t14-,15+,16-,18?/m0/s1. The highest BCUT2D eigenvalue weighted by atomic mass is 19.1. The van der Waals surface area contributed by atoms with Crippen LogP contribution in [0.1, 0.15) is 43.1 Å². The first-order valence-electron chi connectivity index (χ1n) is 11.1. The number of ether oxygens (including phenoxy) is 1. The number of allylic oxidation sites excluding steroid dienone is 1. The summed E-state index contributed by atoms with van der Waals surface area (Å²) in [6.07, 6.45) is 7.16. The van der Waals surface area contributed by atoms with Gasteiger partial charge >= 0.3 is 0 Å². The second-order valence-corrected chi connectivity index (χ2v) is 8.92. The van der Waals surface area contributed by atoms with E-state index in [4.69, 9.17) is 10.5 Å². The molecule has 1 aliphatic carbocycles. The van der Waals surface area contributed by atoms with Crippen LogP contribution in [0.15, 0.2) is 47.2 Å². The molecule has 1 amide bonds. The second kappa shape index (κ2) is 9.79. The molecule has 3 N–H and O–H groups in total. The number of hydrogen-bond acceptors (Lipinski definition) is 5. The van der Waals surface area contributed by atoms with Crippen molar-refractivity contribution in [1.29, 1.82) is 0 Å². The third-order valence-electron chi connectivity index (χ3n) is 6.43. The number of benzene rings is 1. The number of methoxy groups -OCH3 is 1. The molecule has 2 aromatic rings. The van der Waals surface area contributed by atoms with Gasteiger partial charge in [-0.3, -0.25) is 9.79 Å². The van der Waals surface area contributed by atoms with E-state index >= 15 is 0 Å². The third kappa shape index (κ3) is 5.11. The molecule has 1 saturated carbocycles. The number of nitrogens with one attached hydrogen (secondary N) is 1. The summed E-state index contributed by atoms with van der Waals surface area (Å²) in [5.74, 6) is -0.582. The summed E-state index contributed by atoms with van der Waals surface area (Å²) >= 11 is 0. The van der Waals surface area contributed by atoms with E-state index in [2.05, 4.69) is 22.2 Å². The molecule has 8 heteroatoms. The van der Waals surface area contributed by atoms with E-state index in [9.17, 15) is 13.6 Å². The molecule has 33 heavy (non-hydrogen) atoms. The molecule has 1 aromatic heterocycles. The van der Waals surface area contributed by atoms with Crippen LogP contribution in [-0.4, -0.2) is 30.3 Å². The van der Waals surface area contributed by atoms with Crippen LogP contribution in [-0.2, 0) is 0 Å². The van der Waals surface area contributed by atoms with Crippen molar-refractivity contribution in [1.82, 2.24) is 10.3 Å². The average Bonchev–Trinajstić information content (AvgIpc) is 2.79. The Labute approximate surface area is 192 Å². The molecular weight excluding hydrogens is 426 g/mol. The maximum Gasteiger partial charge on any atom is 0.274 e. The van der Waals surface area contributed by atoms with Crippen LogP contribution in [0.3, 0.4) is 0 Å². The number of halogens is 2. The number of aliphatic imine (C=N–C) groups is 1. The zero-order chi connectivity index (χ0) is 23.5. The first kappa shape index (κ1) is 23.0. The summed E-state index contributed by atoms with van der Waals surface area (Å²) in [5.41, 5.74) is 6.61. The Bertz CT molecular complexity index is 1090. The molecule has 174 valence electrons. The minimum Gasteiger partial charge on any atom is -0.497 e. The van der Waals surface area contributed by atoms with Crippen LogP contribution in [0.25, 0.3) is 11.3 Å². The monoisotopic (exact) mass is 454 g/mol. The van der Waals surface area contributed by atoms with Gasteiger partial charge in [-0.2, -0.15) is 0 Å². The molecular formula is C25H28F2N4O2. The van der Waals surface area contributed by atoms with Crippen molar-refractivity contribution < 1.29 is 18.3 Å². The second-order valence-electron chi connectivity index (χ2n) is 8.92. The van der Waals surface area contributed by atoms with Gasteiger partial charge in [0, 0.05) is 35.6 Å². The summed E-state index contributed by atoms with van der Waals surface area (Å²) in [4.78, 5) is 21.4. The fourth-order valence-electron chi connectivity index (χ4n) is 4.91. The smallest absolute Gasteiger partial charge is 0.274 e. The van der Waals surface area contributed by atoms with Crippen molar-refractivity contribution >= 4 is 12.1 Å². The summed E-state index contributed by atoms with van der Waals surface area (Å²) in [6, 6.07) is 6.50. The summed E-state index contributed by atoms with van der Waals surface area (Å²) < 4.78 is 34.0. The molecule has 1 unspecified atom stereocenters. The quantitative estimate of drug-likeness (QED) is 0.698. The van der Waals surface area contributed by atoms with Crippen LogP contribution < -0.4 is 15.8 Å². The molecule has 1 fully saturated rings. The average molecular weight is 455 g/mol. The highest BCUT2D eigenvalue weighted by Crippen LogP contribution is 2.38. The first-order chi connectivity index (χ1) is 15.9. The van der Waals surface area contributed by atoms with E-state index in [1.807, 2.05) is 6.21 Å².